The second-order valence-electron chi connectivity index (χ2n) is 5.39. The van der Waals surface area contributed by atoms with Gasteiger partial charge in [0.05, 0.1) is 29.2 Å². The molecule has 0 saturated carbocycles. The molecule has 2 aromatic carbocycles. The summed E-state index contributed by atoms with van der Waals surface area (Å²) in [5.41, 5.74) is 3.90. The summed E-state index contributed by atoms with van der Waals surface area (Å²) in [6, 6.07) is 4.62. The summed E-state index contributed by atoms with van der Waals surface area (Å²) >= 11 is 0. The number of rotatable bonds is 5. The van der Waals surface area contributed by atoms with E-state index >= 15 is 0 Å². The van der Waals surface area contributed by atoms with Gasteiger partial charge in [-0.1, -0.05) is 6.07 Å². The third-order valence-corrected chi connectivity index (χ3v) is 3.54. The van der Waals surface area contributed by atoms with Gasteiger partial charge in [-0.3, -0.25) is 5.32 Å². The highest BCUT2D eigenvalue weighted by Gasteiger charge is 2.31. The van der Waals surface area contributed by atoms with Crippen molar-refractivity contribution >= 4 is 23.2 Å². The van der Waals surface area contributed by atoms with Crippen molar-refractivity contribution in [2.45, 2.75) is 19.6 Å². The number of nitrogens with two attached hydrogens (primary N) is 1. The maximum absolute atomic E-state index is 14.3. The van der Waals surface area contributed by atoms with Crippen LogP contribution in [-0.2, 0) is 17.5 Å². The van der Waals surface area contributed by atoms with Crippen LogP contribution in [0.3, 0.4) is 0 Å². The molecule has 0 aliphatic rings. The molecule has 0 aliphatic heterocycles. The predicted molar refractivity (Wildman–Crippen MR) is 90.2 cm³/mol. The van der Waals surface area contributed by atoms with Crippen LogP contribution < -0.4 is 16.4 Å². The van der Waals surface area contributed by atoms with E-state index in [4.69, 9.17) is 5.73 Å². The number of nitrogen functional groups attached to an aromatic ring is 1. The minimum Gasteiger partial charge on any atom is -0.450 e. The summed E-state index contributed by atoms with van der Waals surface area (Å²) in [5.74, 6) is -1.98. The fourth-order valence-corrected chi connectivity index (χ4v) is 2.17. The molecular formula is C17H16F5N3O2. The minimum atomic E-state index is -4.66. The maximum Gasteiger partial charge on any atom is 0.416 e. The van der Waals surface area contributed by atoms with Crippen molar-refractivity contribution in [1.82, 2.24) is 0 Å². The Morgan fingerprint density at radius 3 is 2.41 bits per heavy atom. The predicted octanol–water partition coefficient (Wildman–Crippen LogP) is 4.75. The Labute approximate surface area is 151 Å². The lowest BCUT2D eigenvalue weighted by molar-refractivity contribution is -0.137. The van der Waals surface area contributed by atoms with Crippen LogP contribution in [0.15, 0.2) is 30.3 Å². The first kappa shape index (κ1) is 20.3. The van der Waals surface area contributed by atoms with E-state index < -0.39 is 29.5 Å². The van der Waals surface area contributed by atoms with Gasteiger partial charge >= 0.3 is 12.3 Å². The van der Waals surface area contributed by atoms with Gasteiger partial charge in [0.15, 0.2) is 5.82 Å². The molecule has 0 aliphatic carbocycles. The number of carbonyl (C=O) groups is 1. The molecule has 0 unspecified atom stereocenters. The number of nitrogens with one attached hydrogen (secondary N) is 2. The number of anilines is 3. The normalized spacial score (nSPS) is 11.2. The molecular weight excluding hydrogens is 373 g/mol. The van der Waals surface area contributed by atoms with E-state index in [2.05, 4.69) is 15.4 Å². The molecule has 4 N–H and O–H groups in total. The fraction of sp³-hybridized carbons (Fsp3) is 0.235. The van der Waals surface area contributed by atoms with Crippen LogP contribution in [0.1, 0.15) is 18.1 Å². The smallest absolute Gasteiger partial charge is 0.416 e. The molecule has 0 fully saturated rings. The highest BCUT2D eigenvalue weighted by molar-refractivity contribution is 5.90. The quantitative estimate of drug-likeness (QED) is 0.510. The van der Waals surface area contributed by atoms with Gasteiger partial charge in [0, 0.05) is 12.1 Å². The number of hydrogen-bond donors (Lipinski definition) is 3. The molecule has 2 rings (SSSR count). The first-order valence-electron chi connectivity index (χ1n) is 7.74. The van der Waals surface area contributed by atoms with Crippen molar-refractivity contribution < 1.29 is 31.5 Å². The molecule has 0 aromatic heterocycles. The lowest BCUT2D eigenvalue weighted by atomic mass is 10.1. The first-order chi connectivity index (χ1) is 12.6. The molecule has 5 nitrogen and oxygen atoms in total. The van der Waals surface area contributed by atoms with Gasteiger partial charge in [0.2, 0.25) is 0 Å². The van der Waals surface area contributed by atoms with Crippen molar-refractivity contribution in [3.63, 3.8) is 0 Å². The van der Waals surface area contributed by atoms with Crippen molar-refractivity contribution in [2.75, 3.05) is 23.0 Å². The Morgan fingerprint density at radius 1 is 1.15 bits per heavy atom. The van der Waals surface area contributed by atoms with Crippen LogP contribution in [0, 0.1) is 11.6 Å². The van der Waals surface area contributed by atoms with Crippen LogP contribution >= 0.6 is 0 Å². The second-order valence-corrected chi connectivity index (χ2v) is 5.39. The van der Waals surface area contributed by atoms with E-state index in [0.29, 0.717) is 6.07 Å². The summed E-state index contributed by atoms with van der Waals surface area (Å²) in [6.45, 7) is 1.44. The molecule has 2 aromatic rings. The van der Waals surface area contributed by atoms with Crippen LogP contribution in [0.25, 0.3) is 0 Å². The molecule has 0 heterocycles. The highest BCUT2D eigenvalue weighted by Crippen LogP contribution is 2.31. The van der Waals surface area contributed by atoms with E-state index in [0.717, 1.165) is 12.1 Å². The van der Waals surface area contributed by atoms with Gasteiger partial charge in [0.1, 0.15) is 5.82 Å². The second kappa shape index (κ2) is 8.11. The number of alkyl halides is 3. The molecule has 0 atom stereocenters. The lowest BCUT2D eigenvalue weighted by Gasteiger charge is -2.14. The Morgan fingerprint density at radius 2 is 1.81 bits per heavy atom. The van der Waals surface area contributed by atoms with Gasteiger partial charge in [-0.15, -0.1) is 0 Å². The summed E-state index contributed by atoms with van der Waals surface area (Å²) in [5, 5.41) is 4.82. The Balaban J connectivity index is 2.12. The number of hydrogen-bond acceptors (Lipinski definition) is 4. The standard InChI is InChI=1S/C17H16F5N3O2/c1-2-27-16(26)25-13-6-5-12(14(19)15(13)23)24-8-9-3-4-10(7-11(9)18)17(20,21)22/h3-7,24H,2,8,23H2,1H3,(H,25,26). The monoisotopic (exact) mass is 389 g/mol. The van der Waals surface area contributed by atoms with Crippen LogP contribution in [0.4, 0.5) is 43.8 Å². The summed E-state index contributed by atoms with van der Waals surface area (Å²) in [4.78, 5) is 11.4. The van der Waals surface area contributed by atoms with E-state index in [-0.39, 0.29) is 35.8 Å². The first-order valence-corrected chi connectivity index (χ1v) is 7.74. The molecule has 0 radical (unpaired) electrons. The zero-order valence-corrected chi connectivity index (χ0v) is 14.1. The zero-order chi connectivity index (χ0) is 20.2. The van der Waals surface area contributed by atoms with E-state index in [1.165, 1.54) is 12.1 Å². The summed E-state index contributed by atoms with van der Waals surface area (Å²) in [6.07, 6.45) is -5.47. The number of amides is 1. The molecule has 27 heavy (non-hydrogen) atoms. The fourth-order valence-electron chi connectivity index (χ4n) is 2.17. The molecule has 146 valence electrons. The van der Waals surface area contributed by atoms with Gasteiger partial charge < -0.3 is 15.8 Å². The highest BCUT2D eigenvalue weighted by atomic mass is 19.4. The van der Waals surface area contributed by atoms with Crippen molar-refractivity contribution in [3.05, 3.63) is 53.1 Å². The van der Waals surface area contributed by atoms with Crippen LogP contribution in [-0.4, -0.2) is 12.7 Å². The number of halogens is 5. The van der Waals surface area contributed by atoms with Crippen LogP contribution in [0.2, 0.25) is 0 Å². The number of benzene rings is 2. The summed E-state index contributed by atoms with van der Waals surface area (Å²) < 4.78 is 70.4. The Hall–Kier alpha value is -3.04. The molecule has 10 heteroatoms. The Bertz CT molecular complexity index is 840. The third-order valence-electron chi connectivity index (χ3n) is 3.54. The zero-order valence-electron chi connectivity index (χ0n) is 14.1. The Kier molecular flexibility index (Phi) is 6.09. The average molecular weight is 389 g/mol. The van der Waals surface area contributed by atoms with Gasteiger partial charge in [-0.2, -0.15) is 13.2 Å². The van der Waals surface area contributed by atoms with E-state index in [1.54, 1.807) is 6.92 Å². The number of ether oxygens (including phenoxy) is 1. The van der Waals surface area contributed by atoms with Gasteiger partial charge in [-0.05, 0) is 31.2 Å². The topological polar surface area (TPSA) is 76.4 Å². The molecule has 1 amide bonds. The van der Waals surface area contributed by atoms with Crippen LogP contribution in [0.5, 0.6) is 0 Å². The molecule has 0 spiro atoms. The largest absolute Gasteiger partial charge is 0.450 e. The average Bonchev–Trinajstić information content (AvgIpc) is 2.58. The van der Waals surface area contributed by atoms with E-state index in [9.17, 15) is 26.7 Å². The van der Waals surface area contributed by atoms with Crippen molar-refractivity contribution in [3.8, 4) is 0 Å². The minimum absolute atomic E-state index is 0.0165. The van der Waals surface area contributed by atoms with E-state index in [1.807, 2.05) is 0 Å². The SMILES string of the molecule is CCOC(=O)Nc1ccc(NCc2ccc(C(F)(F)F)cc2F)c(F)c1N. The molecule has 0 saturated heterocycles. The van der Waals surface area contributed by atoms with Gasteiger partial charge in [-0.25, -0.2) is 13.6 Å². The molecule has 0 bridgehead atoms. The van der Waals surface area contributed by atoms with Crippen molar-refractivity contribution in [2.24, 2.45) is 0 Å². The third kappa shape index (κ3) is 4.99. The van der Waals surface area contributed by atoms with Crippen molar-refractivity contribution in [1.29, 1.82) is 0 Å². The maximum atomic E-state index is 14.3. The summed E-state index contributed by atoms with van der Waals surface area (Å²) in [7, 11) is 0. The lowest BCUT2D eigenvalue weighted by Crippen LogP contribution is -2.15. The van der Waals surface area contributed by atoms with Gasteiger partial charge in [0.25, 0.3) is 0 Å². The number of carbonyl (C=O) groups excluding carboxylic acids is 1.